The van der Waals surface area contributed by atoms with E-state index in [2.05, 4.69) is 25.2 Å². The van der Waals surface area contributed by atoms with Crippen LogP contribution in [0.4, 0.5) is 5.69 Å². The molecule has 1 aliphatic heterocycles. The Kier molecular flexibility index (Phi) is 8.43. The maximum absolute atomic E-state index is 12.7. The van der Waals surface area contributed by atoms with Gasteiger partial charge in [0.25, 0.3) is 5.91 Å². The van der Waals surface area contributed by atoms with E-state index in [0.717, 1.165) is 48.8 Å². The molecule has 9 nitrogen and oxygen atoms in total. The average molecular weight is 491 g/mol. The summed E-state index contributed by atoms with van der Waals surface area (Å²) in [6.07, 6.45) is 12.8. The van der Waals surface area contributed by atoms with E-state index in [1.807, 2.05) is 18.3 Å². The van der Waals surface area contributed by atoms with E-state index < -0.39 is 5.60 Å². The lowest BCUT2D eigenvalue weighted by atomic mass is 9.91. The van der Waals surface area contributed by atoms with Gasteiger partial charge in [0.15, 0.2) is 0 Å². The second-order valence-electron chi connectivity index (χ2n) is 9.53. The minimum Gasteiger partial charge on any atom is -0.386 e. The Balaban J connectivity index is 1.21. The number of carbonyl (C=O) groups excluding carboxylic acids is 2. The van der Waals surface area contributed by atoms with Crippen LogP contribution in [0.2, 0.25) is 0 Å². The molecule has 0 spiro atoms. The third-order valence-corrected chi connectivity index (χ3v) is 6.65. The van der Waals surface area contributed by atoms with Crippen molar-refractivity contribution in [2.45, 2.75) is 44.1 Å². The zero-order valence-electron chi connectivity index (χ0n) is 20.8. The fourth-order valence-corrected chi connectivity index (χ4v) is 4.80. The number of aromatic nitrogens is 3. The first-order valence-electron chi connectivity index (χ1n) is 12.5. The molecule has 36 heavy (non-hydrogen) atoms. The molecule has 3 aromatic rings. The number of hydrogen-bond donors (Lipinski definition) is 2. The zero-order valence-corrected chi connectivity index (χ0v) is 20.8. The number of anilines is 1. The Morgan fingerprint density at radius 1 is 1.11 bits per heavy atom. The topological polar surface area (TPSA) is 112 Å². The molecule has 4 heterocycles. The second kappa shape index (κ2) is 11.9. The summed E-state index contributed by atoms with van der Waals surface area (Å²) in [6.45, 7) is 2.15. The van der Waals surface area contributed by atoms with Crippen molar-refractivity contribution in [2.24, 2.45) is 0 Å². The second-order valence-corrected chi connectivity index (χ2v) is 9.53. The van der Waals surface area contributed by atoms with Crippen LogP contribution in [0.15, 0.2) is 55.2 Å². The van der Waals surface area contributed by atoms with Crippen molar-refractivity contribution >= 4 is 28.4 Å². The predicted octanol–water partition coefficient (Wildman–Crippen LogP) is 2.80. The van der Waals surface area contributed by atoms with Crippen LogP contribution in [0.25, 0.3) is 10.9 Å². The SMILES string of the molecule is CN(C[C@]1(O)CCCN(c2ccnc3ccncc23)C1)C(=O)CCCCCNC(=O)c1cccnc1. The van der Waals surface area contributed by atoms with E-state index in [9.17, 15) is 14.7 Å². The molecule has 0 bridgehead atoms. The molecular weight excluding hydrogens is 456 g/mol. The summed E-state index contributed by atoms with van der Waals surface area (Å²) < 4.78 is 0. The quantitative estimate of drug-likeness (QED) is 0.420. The minimum atomic E-state index is -0.975. The number of aliphatic hydroxyl groups is 1. The third kappa shape index (κ3) is 6.54. The van der Waals surface area contributed by atoms with Crippen molar-refractivity contribution in [2.75, 3.05) is 38.1 Å². The molecule has 190 valence electrons. The summed E-state index contributed by atoms with van der Waals surface area (Å²) in [5.74, 6) is -0.108. The van der Waals surface area contributed by atoms with Gasteiger partial charge in [0.05, 0.1) is 23.2 Å². The van der Waals surface area contributed by atoms with Crippen molar-refractivity contribution in [1.29, 1.82) is 0 Å². The van der Waals surface area contributed by atoms with Gasteiger partial charge in [0, 0.05) is 75.2 Å². The van der Waals surface area contributed by atoms with Gasteiger partial charge in [0.1, 0.15) is 0 Å². The lowest BCUT2D eigenvalue weighted by Gasteiger charge is -2.42. The van der Waals surface area contributed by atoms with Crippen LogP contribution in [0.3, 0.4) is 0 Å². The number of likely N-dealkylation sites (N-methyl/N-ethyl adjacent to an activating group) is 1. The molecule has 4 rings (SSSR count). The van der Waals surface area contributed by atoms with Crippen LogP contribution >= 0.6 is 0 Å². The number of rotatable bonds is 10. The molecule has 2 amide bonds. The number of fused-ring (bicyclic) bond motifs is 1. The molecule has 0 aliphatic carbocycles. The van der Waals surface area contributed by atoms with E-state index in [1.165, 1.54) is 0 Å². The number of hydrogen-bond acceptors (Lipinski definition) is 7. The molecule has 0 saturated carbocycles. The predicted molar refractivity (Wildman–Crippen MR) is 139 cm³/mol. The normalized spacial score (nSPS) is 17.7. The molecule has 0 aromatic carbocycles. The molecule has 1 saturated heterocycles. The van der Waals surface area contributed by atoms with Crippen LogP contribution in [-0.2, 0) is 4.79 Å². The Bertz CT molecular complexity index is 1170. The Hall–Kier alpha value is -3.59. The number of amides is 2. The summed E-state index contributed by atoms with van der Waals surface area (Å²) in [6, 6.07) is 7.31. The molecule has 9 heteroatoms. The number of pyridine rings is 3. The van der Waals surface area contributed by atoms with Gasteiger partial charge in [-0.25, -0.2) is 0 Å². The van der Waals surface area contributed by atoms with Gasteiger partial charge in [-0.1, -0.05) is 6.42 Å². The molecule has 1 aliphatic rings. The number of nitrogens with zero attached hydrogens (tertiary/aromatic N) is 5. The summed E-state index contributed by atoms with van der Waals surface area (Å²) in [5.41, 5.74) is 1.45. The van der Waals surface area contributed by atoms with Crippen molar-refractivity contribution in [3.63, 3.8) is 0 Å². The average Bonchev–Trinajstić information content (AvgIpc) is 2.90. The highest BCUT2D eigenvalue weighted by Crippen LogP contribution is 2.31. The van der Waals surface area contributed by atoms with E-state index >= 15 is 0 Å². The molecule has 2 N–H and O–H groups in total. The molecule has 3 aromatic heterocycles. The highest BCUT2D eigenvalue weighted by atomic mass is 16.3. The fourth-order valence-electron chi connectivity index (χ4n) is 4.80. The molecule has 0 radical (unpaired) electrons. The van der Waals surface area contributed by atoms with Crippen molar-refractivity contribution in [3.05, 3.63) is 60.8 Å². The largest absolute Gasteiger partial charge is 0.386 e. The first-order chi connectivity index (χ1) is 17.5. The third-order valence-electron chi connectivity index (χ3n) is 6.65. The Labute approximate surface area is 211 Å². The van der Waals surface area contributed by atoms with Crippen LogP contribution in [0, 0.1) is 0 Å². The van der Waals surface area contributed by atoms with Crippen molar-refractivity contribution < 1.29 is 14.7 Å². The van der Waals surface area contributed by atoms with Gasteiger partial charge in [-0.05, 0) is 49.9 Å². The summed E-state index contributed by atoms with van der Waals surface area (Å²) in [7, 11) is 1.76. The van der Waals surface area contributed by atoms with Crippen LogP contribution in [0.5, 0.6) is 0 Å². The first kappa shape index (κ1) is 25.5. The summed E-state index contributed by atoms with van der Waals surface area (Å²) >= 11 is 0. The van der Waals surface area contributed by atoms with Crippen molar-refractivity contribution in [3.8, 4) is 0 Å². The lowest BCUT2D eigenvalue weighted by molar-refractivity contribution is -0.133. The molecule has 1 atom stereocenters. The van der Waals surface area contributed by atoms with Gasteiger partial charge in [-0.15, -0.1) is 0 Å². The maximum Gasteiger partial charge on any atom is 0.252 e. The van der Waals surface area contributed by atoms with E-state index in [-0.39, 0.29) is 11.8 Å². The minimum absolute atomic E-state index is 0.0264. The van der Waals surface area contributed by atoms with E-state index in [0.29, 0.717) is 38.0 Å². The Morgan fingerprint density at radius 3 is 2.81 bits per heavy atom. The van der Waals surface area contributed by atoms with Gasteiger partial charge in [-0.3, -0.25) is 24.5 Å². The molecular formula is C27H34N6O3. The number of nitrogens with one attached hydrogen (secondary N) is 1. The number of β-amino-alcohol motifs (C(OH)–C–C–N with tert-alkyl or cyclic N) is 1. The van der Waals surface area contributed by atoms with Gasteiger partial charge < -0.3 is 20.2 Å². The van der Waals surface area contributed by atoms with Gasteiger partial charge >= 0.3 is 0 Å². The summed E-state index contributed by atoms with van der Waals surface area (Å²) in [4.78, 5) is 41.2. The highest BCUT2D eigenvalue weighted by Gasteiger charge is 2.35. The van der Waals surface area contributed by atoms with Crippen molar-refractivity contribution in [1.82, 2.24) is 25.2 Å². The van der Waals surface area contributed by atoms with Crippen LogP contribution in [-0.4, -0.2) is 75.6 Å². The lowest BCUT2D eigenvalue weighted by Crippen LogP contribution is -2.54. The molecule has 0 unspecified atom stereocenters. The summed E-state index contributed by atoms with van der Waals surface area (Å²) in [5, 5.41) is 15.2. The number of carbonyl (C=O) groups is 2. The smallest absolute Gasteiger partial charge is 0.252 e. The van der Waals surface area contributed by atoms with E-state index in [4.69, 9.17) is 0 Å². The van der Waals surface area contributed by atoms with Gasteiger partial charge in [-0.2, -0.15) is 0 Å². The first-order valence-corrected chi connectivity index (χ1v) is 12.5. The number of unbranched alkanes of at least 4 members (excludes halogenated alkanes) is 2. The molecule has 1 fully saturated rings. The fraction of sp³-hybridized carbons (Fsp3) is 0.444. The standard InChI is InChI=1S/C27H34N6O3/c1-32(25(34)8-3-2-4-13-31-26(35)21-7-5-12-28-17-21)19-27(36)11-6-16-33(20-27)24-10-15-30-23-9-14-29-18-22(23)24/h5,7,9-10,12,14-15,17-18,36H,2-4,6,8,11,13,16,19-20H2,1H3,(H,31,35)/t27-/m1/s1. The van der Waals surface area contributed by atoms with Gasteiger partial charge in [0.2, 0.25) is 5.91 Å². The maximum atomic E-state index is 12.7. The highest BCUT2D eigenvalue weighted by molar-refractivity contribution is 5.93. The Morgan fingerprint density at radius 2 is 1.97 bits per heavy atom. The van der Waals surface area contributed by atoms with Crippen LogP contribution < -0.4 is 10.2 Å². The van der Waals surface area contributed by atoms with Crippen LogP contribution in [0.1, 0.15) is 48.9 Å². The zero-order chi connectivity index (χ0) is 25.4. The number of piperidine rings is 1. The van der Waals surface area contributed by atoms with E-state index in [1.54, 1.807) is 48.9 Å². The monoisotopic (exact) mass is 490 g/mol.